The number of halogens is 1. The molecule has 2 aromatic heterocycles. The van der Waals surface area contributed by atoms with E-state index < -0.39 is 0 Å². The Balaban J connectivity index is 1.17. The molecule has 10 heteroatoms. The van der Waals surface area contributed by atoms with Crippen molar-refractivity contribution in [2.24, 2.45) is 11.1 Å². The van der Waals surface area contributed by atoms with Crippen LogP contribution in [0.15, 0.2) is 36.5 Å². The number of anilines is 4. The van der Waals surface area contributed by atoms with Gasteiger partial charge in [-0.15, -0.1) is 0 Å². The Bertz CT molecular complexity index is 1340. The van der Waals surface area contributed by atoms with E-state index in [4.69, 9.17) is 17.2 Å². The van der Waals surface area contributed by atoms with Crippen molar-refractivity contribution in [3.05, 3.63) is 64.9 Å². The van der Waals surface area contributed by atoms with E-state index in [1.54, 1.807) is 29.3 Å². The first-order valence-corrected chi connectivity index (χ1v) is 11.8. The number of carbonyl (C=O) groups is 1. The number of pyridine rings is 1. The maximum atomic E-state index is 13.8. The zero-order valence-corrected chi connectivity index (χ0v) is 19.2. The number of nitrogens with zero attached hydrogens (tertiary/aromatic N) is 5. The lowest BCUT2D eigenvalue weighted by Gasteiger charge is -2.42. The summed E-state index contributed by atoms with van der Waals surface area (Å²) in [6, 6.07) is 8.24. The fourth-order valence-electron chi connectivity index (χ4n) is 5.83. The number of amides is 1. The molecule has 1 atom stereocenters. The Hall–Kier alpha value is -3.79. The van der Waals surface area contributed by atoms with Gasteiger partial charge >= 0.3 is 0 Å². The van der Waals surface area contributed by atoms with E-state index in [1.807, 2.05) is 6.07 Å². The summed E-state index contributed by atoms with van der Waals surface area (Å²) in [5.74, 6) is 0.628. The molecule has 4 heterocycles. The first-order chi connectivity index (χ1) is 16.8. The molecule has 6 N–H and O–H groups in total. The highest BCUT2D eigenvalue weighted by Crippen LogP contribution is 2.51. The van der Waals surface area contributed by atoms with Crippen LogP contribution in [0.5, 0.6) is 0 Å². The van der Waals surface area contributed by atoms with E-state index >= 15 is 0 Å². The fraction of sp³-hybridized carbons (Fsp3) is 0.360. The van der Waals surface area contributed by atoms with E-state index in [-0.39, 0.29) is 34.7 Å². The predicted octanol–water partition coefficient (Wildman–Crippen LogP) is 2.22. The summed E-state index contributed by atoms with van der Waals surface area (Å²) in [4.78, 5) is 30.2. The Morgan fingerprint density at radius 3 is 2.66 bits per heavy atom. The molecule has 0 bridgehead atoms. The minimum absolute atomic E-state index is 0.0813. The van der Waals surface area contributed by atoms with Crippen LogP contribution in [0.4, 0.5) is 27.5 Å². The van der Waals surface area contributed by atoms with Crippen molar-refractivity contribution in [3.63, 3.8) is 0 Å². The second-order valence-corrected chi connectivity index (χ2v) is 9.72. The van der Waals surface area contributed by atoms with Crippen LogP contribution in [-0.4, -0.2) is 40.5 Å². The maximum Gasteiger partial charge on any atom is 0.280 e. The van der Waals surface area contributed by atoms with Crippen molar-refractivity contribution in [3.8, 4) is 0 Å². The number of hydrogen-bond acceptors (Lipinski definition) is 8. The van der Waals surface area contributed by atoms with Gasteiger partial charge in [0.05, 0.1) is 17.6 Å². The Morgan fingerprint density at radius 2 is 1.89 bits per heavy atom. The molecule has 1 amide bonds. The van der Waals surface area contributed by atoms with Crippen LogP contribution >= 0.6 is 0 Å². The molecule has 35 heavy (non-hydrogen) atoms. The number of nitrogen functional groups attached to an aromatic ring is 2. The molecule has 2 aliphatic heterocycles. The summed E-state index contributed by atoms with van der Waals surface area (Å²) in [6.45, 7) is 1.96. The van der Waals surface area contributed by atoms with Gasteiger partial charge in [0.25, 0.3) is 5.91 Å². The van der Waals surface area contributed by atoms with E-state index in [0.717, 1.165) is 54.9 Å². The number of rotatable bonds is 2. The van der Waals surface area contributed by atoms with Gasteiger partial charge in [-0.2, -0.15) is 0 Å². The summed E-state index contributed by atoms with van der Waals surface area (Å²) in [5.41, 5.74) is 22.2. The van der Waals surface area contributed by atoms with Crippen molar-refractivity contribution in [1.82, 2.24) is 15.0 Å². The van der Waals surface area contributed by atoms with Crippen LogP contribution in [0.2, 0.25) is 0 Å². The Kier molecular flexibility index (Phi) is 4.89. The molecule has 1 unspecified atom stereocenters. The van der Waals surface area contributed by atoms with Gasteiger partial charge < -0.3 is 27.0 Å². The highest BCUT2D eigenvalue weighted by Gasteiger charge is 2.46. The van der Waals surface area contributed by atoms with Crippen molar-refractivity contribution in [1.29, 1.82) is 0 Å². The average Bonchev–Trinajstić information content (AvgIpc) is 3.38. The number of hydrogen-bond donors (Lipinski definition) is 3. The van der Waals surface area contributed by atoms with Crippen LogP contribution in [0.25, 0.3) is 0 Å². The molecular weight excluding hydrogens is 447 g/mol. The van der Waals surface area contributed by atoms with Gasteiger partial charge in [0.15, 0.2) is 11.5 Å². The lowest BCUT2D eigenvalue weighted by molar-refractivity contribution is 0.0985. The summed E-state index contributed by atoms with van der Waals surface area (Å²) in [6.07, 6.45) is 4.81. The molecule has 6 rings (SSSR count). The number of fused-ring (bicyclic) bond motifs is 2. The molecule has 0 saturated carbocycles. The normalized spacial score (nSPS) is 20.2. The van der Waals surface area contributed by atoms with Crippen LogP contribution in [0.3, 0.4) is 0 Å². The molecule has 1 saturated heterocycles. The van der Waals surface area contributed by atoms with Crippen molar-refractivity contribution in [2.45, 2.75) is 31.7 Å². The summed E-state index contributed by atoms with van der Waals surface area (Å²) >= 11 is 0. The summed E-state index contributed by atoms with van der Waals surface area (Å²) < 4.78 is 13.8. The maximum absolute atomic E-state index is 13.8. The van der Waals surface area contributed by atoms with Gasteiger partial charge in [-0.25, -0.2) is 19.3 Å². The topological polar surface area (TPSA) is 140 Å². The molecule has 0 radical (unpaired) electrons. The van der Waals surface area contributed by atoms with Crippen molar-refractivity contribution < 1.29 is 9.18 Å². The molecule has 1 aliphatic carbocycles. The highest BCUT2D eigenvalue weighted by molar-refractivity contribution is 6.08. The van der Waals surface area contributed by atoms with Crippen LogP contribution < -0.4 is 27.0 Å². The SMILES string of the molecule is Nc1ccc2c(n1)CCN2C(=O)c1ncc(N2CCC3(CC2)Cc2ccc(F)cc2C3N)nc1N. The van der Waals surface area contributed by atoms with Gasteiger partial charge in [-0.1, -0.05) is 6.07 Å². The van der Waals surface area contributed by atoms with Crippen LogP contribution in [0.1, 0.15) is 46.2 Å². The second-order valence-electron chi connectivity index (χ2n) is 9.72. The van der Waals surface area contributed by atoms with Gasteiger partial charge in [0, 0.05) is 32.1 Å². The number of piperidine rings is 1. The molecule has 1 spiro atoms. The van der Waals surface area contributed by atoms with Crippen molar-refractivity contribution >= 4 is 29.0 Å². The van der Waals surface area contributed by atoms with Crippen molar-refractivity contribution in [2.75, 3.05) is 40.9 Å². The third-order valence-electron chi connectivity index (χ3n) is 7.80. The third kappa shape index (κ3) is 3.47. The lowest BCUT2D eigenvalue weighted by atomic mass is 9.73. The van der Waals surface area contributed by atoms with Gasteiger partial charge in [0.2, 0.25) is 0 Å². The highest BCUT2D eigenvalue weighted by atomic mass is 19.1. The molecule has 9 nitrogen and oxygen atoms in total. The fourth-order valence-corrected chi connectivity index (χ4v) is 5.83. The number of carbonyl (C=O) groups excluding carboxylic acids is 1. The average molecular weight is 475 g/mol. The standard InChI is InChI=1S/C25H27FN8O/c26-15-2-1-14-12-25(22(28)16(14)11-15)6-9-33(10-7-25)20-13-30-21(23(29)32-20)24(35)34-8-5-17-18(34)3-4-19(27)31-17/h1-4,11,13,22H,5-10,12,28H2,(H2,27,31)(H2,29,32). The summed E-state index contributed by atoms with van der Waals surface area (Å²) in [5, 5.41) is 0. The van der Waals surface area contributed by atoms with E-state index in [2.05, 4.69) is 19.9 Å². The molecule has 1 aromatic carbocycles. The molecule has 3 aromatic rings. The molecule has 3 aliphatic rings. The Morgan fingerprint density at radius 1 is 1.09 bits per heavy atom. The van der Waals surface area contributed by atoms with E-state index in [9.17, 15) is 9.18 Å². The zero-order valence-electron chi connectivity index (χ0n) is 19.2. The largest absolute Gasteiger partial charge is 0.384 e. The second kappa shape index (κ2) is 7.88. The van der Waals surface area contributed by atoms with E-state index in [1.165, 1.54) is 6.07 Å². The van der Waals surface area contributed by atoms with Crippen LogP contribution in [0, 0.1) is 11.2 Å². The number of nitrogens with two attached hydrogens (primary N) is 3. The minimum atomic E-state index is -0.300. The monoisotopic (exact) mass is 474 g/mol. The predicted molar refractivity (Wildman–Crippen MR) is 131 cm³/mol. The smallest absolute Gasteiger partial charge is 0.280 e. The summed E-state index contributed by atoms with van der Waals surface area (Å²) in [7, 11) is 0. The molecular formula is C25H27FN8O. The number of benzene rings is 1. The van der Waals surface area contributed by atoms with E-state index in [0.29, 0.717) is 24.6 Å². The molecule has 1 fully saturated rings. The minimum Gasteiger partial charge on any atom is -0.384 e. The Labute approximate surface area is 202 Å². The van der Waals surface area contributed by atoms with Gasteiger partial charge in [0.1, 0.15) is 17.5 Å². The lowest BCUT2D eigenvalue weighted by Crippen LogP contribution is -2.44. The first-order valence-electron chi connectivity index (χ1n) is 11.8. The quantitative estimate of drug-likeness (QED) is 0.514. The first kappa shape index (κ1) is 21.7. The van der Waals surface area contributed by atoms with Crippen LogP contribution in [-0.2, 0) is 12.8 Å². The van der Waals surface area contributed by atoms with Gasteiger partial charge in [-0.3, -0.25) is 4.79 Å². The molecule has 180 valence electrons. The van der Waals surface area contributed by atoms with Gasteiger partial charge in [-0.05, 0) is 60.1 Å². The number of aromatic nitrogens is 3. The zero-order chi connectivity index (χ0) is 24.3. The third-order valence-corrected chi connectivity index (χ3v) is 7.80.